The molecule has 1 aromatic heterocycles. The van der Waals surface area contributed by atoms with Crippen LogP contribution in [0.1, 0.15) is 124 Å². The molecule has 5 nitrogen and oxygen atoms in total. The number of aromatic nitrogens is 2. The standard InChI is InChI=1S/C37H58FN5S/c1-9-12-17-20-34(38)21-18-15-14-16-19-24-40-37(42-31(6)27-33(8)44-25-13-10-2)35-28-41-43(36(35)39)32(7)26-30(5)23-22-29(4)11-3/h13-14,16,21,25,28-30,32H,6,8,10-11,15,17-20,22-24,26-27,39H2,1-5,7H3,(H,40,42)/b16-14+,25-13-,34-21+. The summed E-state index contributed by atoms with van der Waals surface area (Å²) >= 11 is 1.61. The van der Waals surface area contributed by atoms with Gasteiger partial charge in [-0.1, -0.05) is 84.4 Å². The molecule has 0 aliphatic rings. The number of hydrogen-bond acceptors (Lipinski definition) is 4. The van der Waals surface area contributed by atoms with Crippen LogP contribution in [0.2, 0.25) is 0 Å². The highest BCUT2D eigenvalue weighted by atomic mass is 32.2. The van der Waals surface area contributed by atoms with Crippen LogP contribution in [0.25, 0.3) is 0 Å². The Balaban J connectivity index is 2.92. The van der Waals surface area contributed by atoms with Crippen LogP contribution in [-0.2, 0) is 0 Å². The molecule has 3 N–H and O–H groups in total. The summed E-state index contributed by atoms with van der Waals surface area (Å²) in [6.07, 6.45) is 19.3. The normalized spacial score (nSPS) is 14.4. The van der Waals surface area contributed by atoms with Crippen molar-refractivity contribution in [1.29, 1.82) is 0 Å². The predicted octanol–water partition coefficient (Wildman–Crippen LogP) is 10.7. The van der Waals surface area contributed by atoms with Crippen LogP contribution in [0.15, 0.2) is 70.5 Å². The lowest BCUT2D eigenvalue weighted by atomic mass is 9.92. The molecular weight excluding hydrogens is 566 g/mol. The molecule has 0 spiro atoms. The lowest BCUT2D eigenvalue weighted by molar-refractivity contribution is 0.342. The van der Waals surface area contributed by atoms with E-state index in [0.717, 1.165) is 47.8 Å². The molecule has 1 rings (SSSR count). The Labute approximate surface area is 272 Å². The summed E-state index contributed by atoms with van der Waals surface area (Å²) in [5.74, 6) is 8.24. The van der Waals surface area contributed by atoms with Gasteiger partial charge in [0.25, 0.3) is 0 Å². The maximum atomic E-state index is 13.8. The lowest BCUT2D eigenvalue weighted by Gasteiger charge is -2.20. The fourth-order valence-corrected chi connectivity index (χ4v) is 5.37. The van der Waals surface area contributed by atoms with Gasteiger partial charge < -0.3 is 11.1 Å². The Bertz CT molecular complexity index is 1180. The van der Waals surface area contributed by atoms with E-state index in [-0.39, 0.29) is 11.9 Å². The molecule has 0 amide bonds. The van der Waals surface area contributed by atoms with E-state index in [1.165, 1.54) is 19.3 Å². The summed E-state index contributed by atoms with van der Waals surface area (Å²) in [6.45, 7) is 22.0. The molecule has 3 atom stereocenters. The highest BCUT2D eigenvalue weighted by molar-refractivity contribution is 8.05. The van der Waals surface area contributed by atoms with Gasteiger partial charge >= 0.3 is 0 Å². The van der Waals surface area contributed by atoms with Crippen LogP contribution in [0.5, 0.6) is 0 Å². The Morgan fingerprint density at radius 2 is 1.86 bits per heavy atom. The summed E-state index contributed by atoms with van der Waals surface area (Å²) in [6, 6.07) is 0.183. The van der Waals surface area contributed by atoms with Gasteiger partial charge in [0.2, 0.25) is 0 Å². The van der Waals surface area contributed by atoms with E-state index in [2.05, 4.69) is 93.7 Å². The van der Waals surface area contributed by atoms with Crippen molar-refractivity contribution in [2.45, 2.75) is 118 Å². The third-order valence-corrected chi connectivity index (χ3v) is 8.27. The zero-order valence-electron chi connectivity index (χ0n) is 28.3. The Morgan fingerprint density at radius 3 is 2.57 bits per heavy atom. The van der Waals surface area contributed by atoms with Crippen molar-refractivity contribution >= 4 is 23.4 Å². The van der Waals surface area contributed by atoms with Crippen LogP contribution < -0.4 is 11.1 Å². The second-order valence-electron chi connectivity index (χ2n) is 11.7. The second-order valence-corrected chi connectivity index (χ2v) is 12.7. The molecule has 0 aliphatic carbocycles. The zero-order valence-corrected chi connectivity index (χ0v) is 29.1. The molecular formula is C37H58FN5S. The number of hydrogen-bond donors (Lipinski definition) is 2. The maximum absolute atomic E-state index is 13.8. The van der Waals surface area contributed by atoms with Crippen LogP contribution in [0.3, 0.4) is 0 Å². The third-order valence-electron chi connectivity index (χ3n) is 7.47. The quantitative estimate of drug-likeness (QED) is 0.0443. The van der Waals surface area contributed by atoms with E-state index in [1.54, 1.807) is 24.8 Å². The summed E-state index contributed by atoms with van der Waals surface area (Å²) in [5, 5.41) is 10.2. The molecule has 0 aromatic carbocycles. The minimum absolute atomic E-state index is 0.0860. The average Bonchev–Trinajstić information content (AvgIpc) is 3.37. The third kappa shape index (κ3) is 16.8. The van der Waals surface area contributed by atoms with Crippen molar-refractivity contribution in [3.63, 3.8) is 0 Å². The molecule has 0 saturated heterocycles. The number of unbranched alkanes of at least 4 members (excludes halogenated alkanes) is 1. The molecule has 3 unspecified atom stereocenters. The number of allylic oxidation sites excluding steroid dienone is 5. The molecule has 0 fully saturated rings. The van der Waals surface area contributed by atoms with Crippen LogP contribution in [-0.4, -0.2) is 22.2 Å². The van der Waals surface area contributed by atoms with E-state index in [0.29, 0.717) is 49.8 Å². The fourth-order valence-electron chi connectivity index (χ4n) is 4.63. The van der Waals surface area contributed by atoms with Crippen molar-refractivity contribution in [1.82, 2.24) is 15.1 Å². The fraction of sp³-hybridized carbons (Fsp3) is 0.568. The van der Waals surface area contributed by atoms with Gasteiger partial charge in [0.05, 0.1) is 23.6 Å². The number of amidine groups is 1. The number of rotatable bonds is 22. The molecule has 0 aliphatic heterocycles. The summed E-state index contributed by atoms with van der Waals surface area (Å²) < 4.78 is 15.7. The van der Waals surface area contributed by atoms with E-state index in [1.807, 2.05) is 10.9 Å². The van der Waals surface area contributed by atoms with Crippen molar-refractivity contribution in [3.05, 3.63) is 71.1 Å². The van der Waals surface area contributed by atoms with Gasteiger partial charge in [-0.2, -0.15) is 5.10 Å². The molecule has 1 aromatic rings. The minimum atomic E-state index is -0.0860. The average molecular weight is 624 g/mol. The molecule has 44 heavy (non-hydrogen) atoms. The molecule has 0 bridgehead atoms. The first-order valence-electron chi connectivity index (χ1n) is 16.3. The van der Waals surface area contributed by atoms with Gasteiger partial charge in [0.1, 0.15) is 11.7 Å². The van der Waals surface area contributed by atoms with E-state index >= 15 is 0 Å². The van der Waals surface area contributed by atoms with E-state index in [9.17, 15) is 4.39 Å². The number of aliphatic imine (C=N–C) groups is 1. The highest BCUT2D eigenvalue weighted by Gasteiger charge is 2.19. The summed E-state index contributed by atoms with van der Waals surface area (Å²) in [5.41, 5.74) is 8.28. The second kappa shape index (κ2) is 23.4. The van der Waals surface area contributed by atoms with E-state index < -0.39 is 0 Å². The Morgan fingerprint density at radius 1 is 1.14 bits per heavy atom. The Kier molecular flexibility index (Phi) is 20.8. The number of anilines is 1. The summed E-state index contributed by atoms with van der Waals surface area (Å²) in [7, 11) is 0. The van der Waals surface area contributed by atoms with Crippen LogP contribution in [0, 0.1) is 23.7 Å². The zero-order chi connectivity index (χ0) is 32.7. The number of nitrogens with two attached hydrogens (primary N) is 1. The minimum Gasteiger partial charge on any atom is -0.383 e. The first-order valence-corrected chi connectivity index (χ1v) is 17.2. The number of thioether (sulfide) groups is 1. The van der Waals surface area contributed by atoms with Gasteiger partial charge in [-0.15, -0.1) is 23.6 Å². The molecule has 1 heterocycles. The van der Waals surface area contributed by atoms with Crippen LogP contribution in [0.4, 0.5) is 10.2 Å². The first-order chi connectivity index (χ1) is 21.1. The Hall–Kier alpha value is -2.98. The topological polar surface area (TPSA) is 68.2 Å². The first kappa shape index (κ1) is 39.0. The largest absolute Gasteiger partial charge is 0.383 e. The number of halogens is 1. The van der Waals surface area contributed by atoms with Gasteiger partial charge in [0, 0.05) is 31.5 Å². The smallest absolute Gasteiger partial charge is 0.137 e. The van der Waals surface area contributed by atoms with Crippen molar-refractivity contribution in [3.8, 4) is 11.8 Å². The molecule has 0 saturated carbocycles. The SMILES string of the molecule is C=C(CC(=C)S/C=C\CC)N/C(=N/CC/C=C/CC/C=C(/F)CCC#CC)c1cnn(C(C)CC(C)CCC(C)CC)c1N. The number of nitrogen functional groups attached to an aromatic ring is 1. The highest BCUT2D eigenvalue weighted by Crippen LogP contribution is 2.27. The van der Waals surface area contributed by atoms with Crippen molar-refractivity contribution in [2.75, 3.05) is 12.3 Å². The van der Waals surface area contributed by atoms with Crippen LogP contribution >= 0.6 is 11.8 Å². The molecule has 0 radical (unpaired) electrons. The lowest BCUT2D eigenvalue weighted by Crippen LogP contribution is -2.25. The van der Waals surface area contributed by atoms with Gasteiger partial charge in [-0.3, -0.25) is 4.99 Å². The molecule has 244 valence electrons. The molecule has 7 heteroatoms. The monoisotopic (exact) mass is 623 g/mol. The van der Waals surface area contributed by atoms with Gasteiger partial charge in [-0.05, 0) is 68.1 Å². The van der Waals surface area contributed by atoms with Crippen molar-refractivity contribution < 1.29 is 4.39 Å². The summed E-state index contributed by atoms with van der Waals surface area (Å²) in [4.78, 5) is 5.88. The van der Waals surface area contributed by atoms with Crippen molar-refractivity contribution in [2.24, 2.45) is 16.8 Å². The maximum Gasteiger partial charge on any atom is 0.137 e. The van der Waals surface area contributed by atoms with E-state index in [4.69, 9.17) is 10.7 Å². The number of nitrogens with one attached hydrogen (secondary N) is 1. The predicted molar refractivity (Wildman–Crippen MR) is 193 cm³/mol. The number of nitrogens with zero attached hydrogens (tertiary/aromatic N) is 3. The van der Waals surface area contributed by atoms with Gasteiger partial charge in [0.15, 0.2) is 0 Å². The van der Waals surface area contributed by atoms with Gasteiger partial charge in [-0.25, -0.2) is 9.07 Å².